The molecule has 0 saturated heterocycles. The van der Waals surface area contributed by atoms with Crippen LogP contribution in [0.2, 0.25) is 5.02 Å². The van der Waals surface area contributed by atoms with E-state index < -0.39 is 17.9 Å². The van der Waals surface area contributed by atoms with Crippen LogP contribution in [0.25, 0.3) is 10.9 Å². The van der Waals surface area contributed by atoms with Crippen LogP contribution in [-0.4, -0.2) is 42.5 Å². The number of esters is 1. The minimum atomic E-state index is -0.794. The number of nitrogens with one attached hydrogen (secondary N) is 2. The first-order valence-corrected chi connectivity index (χ1v) is 9.39. The zero-order valence-corrected chi connectivity index (χ0v) is 16.3. The van der Waals surface area contributed by atoms with Gasteiger partial charge in [-0.05, 0) is 35.9 Å². The van der Waals surface area contributed by atoms with Gasteiger partial charge < -0.3 is 15.0 Å². The highest BCUT2D eigenvalue weighted by molar-refractivity contribution is 6.31. The van der Waals surface area contributed by atoms with Crippen molar-refractivity contribution in [1.29, 1.82) is 0 Å². The zero-order valence-electron chi connectivity index (χ0n) is 15.6. The molecule has 1 atom stereocenters. The predicted octanol–water partition coefficient (Wildman–Crippen LogP) is 2.68. The van der Waals surface area contributed by atoms with Gasteiger partial charge in [-0.25, -0.2) is 0 Å². The van der Waals surface area contributed by atoms with Gasteiger partial charge in [0.2, 0.25) is 5.91 Å². The van der Waals surface area contributed by atoms with Crippen molar-refractivity contribution in [3.05, 3.63) is 64.8 Å². The molecule has 4 rings (SSSR count). The average molecular weight is 412 g/mol. The van der Waals surface area contributed by atoms with Crippen LogP contribution in [0.15, 0.2) is 48.5 Å². The molecule has 148 valence electrons. The highest BCUT2D eigenvalue weighted by Gasteiger charge is 2.35. The molecule has 2 aromatic carbocycles. The minimum absolute atomic E-state index is 0.219. The van der Waals surface area contributed by atoms with Crippen LogP contribution in [0.1, 0.15) is 16.1 Å². The summed E-state index contributed by atoms with van der Waals surface area (Å²) in [4.78, 5) is 41.9. The third-order valence-electron chi connectivity index (χ3n) is 4.92. The topological polar surface area (TPSA) is 91.5 Å². The average Bonchev–Trinajstić information content (AvgIpc) is 3.14. The molecule has 0 aliphatic carbocycles. The zero-order chi connectivity index (χ0) is 20.5. The predicted molar refractivity (Wildman–Crippen MR) is 109 cm³/mol. The van der Waals surface area contributed by atoms with Gasteiger partial charge in [0.25, 0.3) is 5.91 Å². The fraction of sp³-hybridized carbons (Fsp3) is 0.190. The number of amides is 2. The lowest BCUT2D eigenvalue weighted by molar-refractivity contribution is -0.140. The van der Waals surface area contributed by atoms with Crippen molar-refractivity contribution in [1.82, 2.24) is 10.3 Å². The maximum absolute atomic E-state index is 13.0. The van der Waals surface area contributed by atoms with E-state index in [1.165, 1.54) is 12.0 Å². The Morgan fingerprint density at radius 2 is 2.03 bits per heavy atom. The lowest BCUT2D eigenvalue weighted by Gasteiger charge is -2.33. The molecular formula is C21H18ClN3O4. The number of H-pyrrole nitrogens is 1. The molecule has 0 fully saturated rings. The summed E-state index contributed by atoms with van der Waals surface area (Å²) >= 11 is 6.00. The molecule has 2 amide bonds. The summed E-state index contributed by atoms with van der Waals surface area (Å²) in [5, 5.41) is 4.15. The van der Waals surface area contributed by atoms with E-state index in [4.69, 9.17) is 16.3 Å². The smallest absolute Gasteiger partial charge is 0.325 e. The molecule has 3 aromatic rings. The molecule has 0 spiro atoms. The first-order valence-electron chi connectivity index (χ1n) is 9.01. The van der Waals surface area contributed by atoms with Crippen molar-refractivity contribution in [3.8, 4) is 0 Å². The number of anilines is 1. The number of nitrogens with zero attached hydrogens (tertiary/aromatic N) is 1. The van der Waals surface area contributed by atoms with Crippen LogP contribution < -0.4 is 10.2 Å². The molecule has 1 unspecified atom stereocenters. The minimum Gasteiger partial charge on any atom is -0.468 e. The number of fused-ring (bicyclic) bond motifs is 2. The molecule has 0 radical (unpaired) electrons. The van der Waals surface area contributed by atoms with Crippen molar-refractivity contribution < 1.29 is 19.1 Å². The maximum atomic E-state index is 13.0. The summed E-state index contributed by atoms with van der Waals surface area (Å²) in [6.07, 6.45) is 0.338. The first kappa shape index (κ1) is 19.0. The van der Waals surface area contributed by atoms with Gasteiger partial charge in [-0.2, -0.15) is 0 Å². The molecule has 8 heteroatoms. The summed E-state index contributed by atoms with van der Waals surface area (Å²) in [6, 6.07) is 13.5. The standard InChI is InChI=1S/C21H18ClN3O4/c1-29-19(26)11-25-18-5-3-2-4-12(18)9-17(21(25)28)24-20(27)16-10-13-8-14(22)6-7-15(13)23-16/h2-8,10,17,23H,9,11H2,1H3,(H,24,27). The summed E-state index contributed by atoms with van der Waals surface area (Å²) in [5.41, 5.74) is 2.61. The van der Waals surface area contributed by atoms with Gasteiger partial charge in [0, 0.05) is 28.0 Å². The SMILES string of the molecule is COC(=O)CN1C(=O)C(NC(=O)c2cc3cc(Cl)ccc3[nH]2)Cc2ccccc21. The molecule has 0 saturated carbocycles. The Kier molecular flexibility index (Phi) is 4.98. The van der Waals surface area contributed by atoms with Gasteiger partial charge in [0.05, 0.1) is 7.11 Å². The molecule has 2 N–H and O–H groups in total. The number of halogens is 1. The van der Waals surface area contributed by atoms with Crippen molar-refractivity contribution >= 4 is 46.0 Å². The summed E-state index contributed by atoms with van der Waals surface area (Å²) in [5.74, 6) is -1.30. The number of methoxy groups -OCH3 is 1. The number of carbonyl (C=O) groups is 3. The number of ether oxygens (including phenoxy) is 1. The Labute approximate surface area is 171 Å². The van der Waals surface area contributed by atoms with Gasteiger partial charge >= 0.3 is 5.97 Å². The van der Waals surface area contributed by atoms with Crippen LogP contribution in [0, 0.1) is 0 Å². The Morgan fingerprint density at radius 3 is 2.83 bits per heavy atom. The number of hydrogen-bond acceptors (Lipinski definition) is 4. The second-order valence-electron chi connectivity index (χ2n) is 6.77. The monoisotopic (exact) mass is 411 g/mol. The lowest BCUT2D eigenvalue weighted by atomic mass is 9.97. The molecule has 7 nitrogen and oxygen atoms in total. The molecular weight excluding hydrogens is 394 g/mol. The first-order chi connectivity index (χ1) is 14.0. The Bertz CT molecular complexity index is 1120. The molecule has 2 heterocycles. The number of benzene rings is 2. The third-order valence-corrected chi connectivity index (χ3v) is 5.15. The van der Waals surface area contributed by atoms with E-state index in [1.807, 2.05) is 12.1 Å². The van der Waals surface area contributed by atoms with Crippen molar-refractivity contribution in [3.63, 3.8) is 0 Å². The van der Waals surface area contributed by atoms with Crippen molar-refractivity contribution in [2.24, 2.45) is 0 Å². The van der Waals surface area contributed by atoms with Crippen LogP contribution in [0.5, 0.6) is 0 Å². The summed E-state index contributed by atoms with van der Waals surface area (Å²) < 4.78 is 4.71. The number of aromatic amines is 1. The number of hydrogen-bond donors (Lipinski definition) is 2. The number of aromatic nitrogens is 1. The highest BCUT2D eigenvalue weighted by atomic mass is 35.5. The largest absolute Gasteiger partial charge is 0.468 e. The van der Waals surface area contributed by atoms with Crippen molar-refractivity contribution in [2.45, 2.75) is 12.5 Å². The van der Waals surface area contributed by atoms with E-state index in [2.05, 4.69) is 10.3 Å². The van der Waals surface area contributed by atoms with Gasteiger partial charge in [-0.1, -0.05) is 29.8 Å². The van der Waals surface area contributed by atoms with Crippen molar-refractivity contribution in [2.75, 3.05) is 18.6 Å². The number of carbonyl (C=O) groups excluding carboxylic acids is 3. The van der Waals surface area contributed by atoms with E-state index in [-0.39, 0.29) is 12.5 Å². The van der Waals surface area contributed by atoms with Crippen LogP contribution >= 0.6 is 11.6 Å². The summed E-state index contributed by atoms with van der Waals surface area (Å²) in [6.45, 7) is -0.219. The number of para-hydroxylation sites is 1. The highest BCUT2D eigenvalue weighted by Crippen LogP contribution is 2.28. The lowest BCUT2D eigenvalue weighted by Crippen LogP contribution is -2.54. The van der Waals surface area contributed by atoms with Gasteiger partial charge in [-0.15, -0.1) is 0 Å². The fourth-order valence-corrected chi connectivity index (χ4v) is 3.67. The van der Waals surface area contributed by atoms with E-state index in [9.17, 15) is 14.4 Å². The van der Waals surface area contributed by atoms with Crippen LogP contribution in [0.4, 0.5) is 5.69 Å². The molecule has 1 aromatic heterocycles. The molecule has 1 aliphatic rings. The van der Waals surface area contributed by atoms with E-state index in [0.29, 0.717) is 22.8 Å². The second kappa shape index (κ2) is 7.60. The second-order valence-corrected chi connectivity index (χ2v) is 7.21. The van der Waals surface area contributed by atoms with E-state index >= 15 is 0 Å². The summed E-state index contributed by atoms with van der Waals surface area (Å²) in [7, 11) is 1.27. The van der Waals surface area contributed by atoms with Gasteiger partial charge in [0.15, 0.2) is 0 Å². The van der Waals surface area contributed by atoms with Crippen LogP contribution in [0.3, 0.4) is 0 Å². The molecule has 1 aliphatic heterocycles. The van der Waals surface area contributed by atoms with Gasteiger partial charge in [-0.3, -0.25) is 19.3 Å². The van der Waals surface area contributed by atoms with Crippen LogP contribution in [-0.2, 0) is 20.7 Å². The molecule has 29 heavy (non-hydrogen) atoms. The Morgan fingerprint density at radius 1 is 1.24 bits per heavy atom. The Hall–Kier alpha value is -3.32. The number of rotatable bonds is 4. The Balaban J connectivity index is 1.59. The van der Waals surface area contributed by atoms with E-state index in [0.717, 1.165) is 16.5 Å². The fourth-order valence-electron chi connectivity index (χ4n) is 3.49. The quantitative estimate of drug-likeness (QED) is 0.646. The molecule has 0 bridgehead atoms. The van der Waals surface area contributed by atoms with Gasteiger partial charge in [0.1, 0.15) is 18.3 Å². The van der Waals surface area contributed by atoms with E-state index in [1.54, 1.807) is 36.4 Å². The maximum Gasteiger partial charge on any atom is 0.325 e. The third kappa shape index (κ3) is 3.69. The normalized spacial score (nSPS) is 15.9.